The Morgan fingerprint density at radius 2 is 1.21 bits per heavy atom. The van der Waals surface area contributed by atoms with Gasteiger partial charge < -0.3 is 22.1 Å². The van der Waals surface area contributed by atoms with Crippen LogP contribution in [0.1, 0.15) is 0 Å². The van der Waals surface area contributed by atoms with Gasteiger partial charge in [0.05, 0.1) is 0 Å². The average molecular weight is 363 g/mol. The first-order chi connectivity index (χ1) is 5.43. The van der Waals surface area contributed by atoms with Crippen molar-refractivity contribution in [3.05, 3.63) is 0 Å². The van der Waals surface area contributed by atoms with Crippen molar-refractivity contribution in [2.24, 2.45) is 11.5 Å². The number of hydrogen-bond donors (Lipinski definition) is 6. The van der Waals surface area contributed by atoms with Crippen LogP contribution in [0, 0.1) is 0 Å². The van der Waals surface area contributed by atoms with Crippen LogP contribution in [0.3, 0.4) is 0 Å². The van der Waals surface area contributed by atoms with Gasteiger partial charge in [0.2, 0.25) is 0 Å². The van der Waals surface area contributed by atoms with Crippen LogP contribution in [-0.4, -0.2) is 21.0 Å². The summed E-state index contributed by atoms with van der Waals surface area (Å²) in [5.74, 6) is 0. The molecule has 0 aliphatic rings. The fourth-order valence-electron chi connectivity index (χ4n) is 0.465. The Hall–Kier alpha value is 1.54. The van der Waals surface area contributed by atoms with Gasteiger partial charge in [0, 0.05) is 36.5 Å². The number of hydrogen-bond acceptors (Lipinski definition) is 4. The molecular formula is C4H10MnN4S4Zn. The van der Waals surface area contributed by atoms with Gasteiger partial charge in [-0.25, -0.2) is 0 Å². The van der Waals surface area contributed by atoms with Crippen LogP contribution in [0.4, 0.5) is 0 Å². The Morgan fingerprint density at radius 3 is 1.36 bits per heavy atom. The summed E-state index contributed by atoms with van der Waals surface area (Å²) >= 11 is 16.9. The average Bonchev–Trinajstić information content (AvgIpc) is 1.84. The Labute approximate surface area is 128 Å². The van der Waals surface area contributed by atoms with E-state index in [1.54, 1.807) is 0 Å². The van der Waals surface area contributed by atoms with Crippen LogP contribution in [0.15, 0.2) is 0 Å². The maximum absolute atomic E-state index is 5.54. The normalized spacial score (nSPS) is 12.6. The minimum absolute atomic E-state index is 0. The third-order valence-electron chi connectivity index (χ3n) is 0.967. The summed E-state index contributed by atoms with van der Waals surface area (Å²) in [7, 11) is 0. The molecule has 0 aromatic rings. The molecule has 0 aromatic heterocycles. The maximum atomic E-state index is 5.54. The summed E-state index contributed by atoms with van der Waals surface area (Å²) in [4.78, 5) is 0. The summed E-state index contributed by atoms with van der Waals surface area (Å²) in [5.41, 5.74) is 11.1. The molecule has 1 radical (unpaired) electrons. The molecule has 0 aliphatic carbocycles. The van der Waals surface area contributed by atoms with Crippen LogP contribution in [0.25, 0.3) is 0 Å². The molecule has 0 spiro atoms. The number of thiol groups is 2. The smallest absolute Gasteiger partial charge is 0.131 e. The Bertz CT molecular complexity index is 174. The van der Waals surface area contributed by atoms with Gasteiger partial charge in [0.1, 0.15) is 21.0 Å². The minimum Gasteiger partial charge on any atom is -0.353 e. The summed E-state index contributed by atoms with van der Waals surface area (Å²) in [6, 6.07) is 0. The van der Waals surface area contributed by atoms with Gasteiger partial charge in [-0.1, -0.05) is 24.4 Å². The Balaban J connectivity index is -0.000000605. The fourth-order valence-corrected chi connectivity index (χ4v) is 1.04. The van der Waals surface area contributed by atoms with E-state index in [1.807, 2.05) is 0 Å². The second kappa shape index (κ2) is 11.0. The molecule has 2 unspecified atom stereocenters. The van der Waals surface area contributed by atoms with Crippen LogP contribution in [-0.2, 0) is 36.5 Å². The quantitative estimate of drug-likeness (QED) is 0.170. The minimum atomic E-state index is -0.542. The van der Waals surface area contributed by atoms with Crippen molar-refractivity contribution in [2.75, 3.05) is 0 Å². The topological polar surface area (TPSA) is 76.1 Å². The van der Waals surface area contributed by atoms with Crippen LogP contribution < -0.4 is 22.1 Å². The van der Waals surface area contributed by atoms with E-state index in [4.69, 9.17) is 11.5 Å². The van der Waals surface area contributed by atoms with Crippen LogP contribution >= 0.6 is 49.7 Å². The van der Waals surface area contributed by atoms with E-state index in [9.17, 15) is 0 Å². The van der Waals surface area contributed by atoms with Gasteiger partial charge in [0.25, 0.3) is 0 Å². The monoisotopic (exact) mass is 361 g/mol. The molecule has 2 atom stereocenters. The number of thiocarbonyl (C=S) groups is 2. The van der Waals surface area contributed by atoms with E-state index in [2.05, 4.69) is 60.3 Å². The van der Waals surface area contributed by atoms with Gasteiger partial charge >= 0.3 is 0 Å². The molecule has 0 rings (SSSR count). The first-order valence-corrected chi connectivity index (χ1v) is 4.64. The van der Waals surface area contributed by atoms with E-state index in [-0.39, 0.29) is 45.2 Å². The molecule has 14 heavy (non-hydrogen) atoms. The molecule has 0 amide bonds. The van der Waals surface area contributed by atoms with E-state index < -0.39 is 12.3 Å². The zero-order valence-electron chi connectivity index (χ0n) is 7.11. The summed E-state index contributed by atoms with van der Waals surface area (Å²) in [6.07, 6.45) is -1.08. The second-order valence-corrected chi connectivity index (χ2v) is 4.27. The number of rotatable bonds is 3. The molecule has 0 fully saturated rings. The largest absolute Gasteiger partial charge is 0.353 e. The Morgan fingerprint density at radius 1 is 1.00 bits per heavy atom. The second-order valence-electron chi connectivity index (χ2n) is 1.95. The first kappa shape index (κ1) is 20.9. The van der Waals surface area contributed by atoms with E-state index in [0.717, 1.165) is 0 Å². The van der Waals surface area contributed by atoms with Crippen molar-refractivity contribution in [1.29, 1.82) is 0 Å². The molecule has 0 bridgehead atoms. The predicted molar refractivity (Wildman–Crippen MR) is 65.4 cm³/mol. The molecular weight excluding hydrogens is 353 g/mol. The molecule has 10 heteroatoms. The van der Waals surface area contributed by atoms with Gasteiger partial charge in [-0.2, -0.15) is 0 Å². The molecule has 79 valence electrons. The molecule has 0 saturated carbocycles. The van der Waals surface area contributed by atoms with Gasteiger partial charge in [-0.15, -0.1) is 25.3 Å². The van der Waals surface area contributed by atoms with E-state index >= 15 is 0 Å². The zero-order chi connectivity index (χ0) is 9.72. The van der Waals surface area contributed by atoms with Crippen molar-refractivity contribution in [2.45, 2.75) is 12.3 Å². The molecule has 4 nitrogen and oxygen atoms in total. The van der Waals surface area contributed by atoms with E-state index in [1.165, 1.54) is 0 Å². The van der Waals surface area contributed by atoms with Crippen LogP contribution in [0.2, 0.25) is 0 Å². The molecule has 0 aromatic carbocycles. The van der Waals surface area contributed by atoms with Gasteiger partial charge in [-0.3, -0.25) is 0 Å². The maximum Gasteiger partial charge on any atom is 0.131 e. The molecule has 0 saturated heterocycles. The van der Waals surface area contributed by atoms with Gasteiger partial charge in [-0.05, 0) is 0 Å². The van der Waals surface area contributed by atoms with Crippen molar-refractivity contribution in [1.82, 2.24) is 10.6 Å². The van der Waals surface area contributed by atoms with Crippen molar-refractivity contribution in [3.63, 3.8) is 0 Å². The fraction of sp³-hybridized carbons (Fsp3) is 0.500. The summed E-state index contributed by atoms with van der Waals surface area (Å²) < 4.78 is 0.565. The predicted octanol–water partition coefficient (Wildman–Crippen LogP) is -0.840. The van der Waals surface area contributed by atoms with Crippen LogP contribution in [0.5, 0.6) is 0 Å². The zero-order valence-corrected chi connectivity index (χ0v) is 14.7. The number of nitrogens with two attached hydrogens (primary N) is 2. The Kier molecular flexibility index (Phi) is 16.5. The molecule has 6 N–H and O–H groups in total. The SMILES string of the molecule is NC(NC(=S)S)C(N)NC(=S)S.[Mn].[Zn]. The summed E-state index contributed by atoms with van der Waals surface area (Å²) in [6.45, 7) is 0. The molecule has 0 aliphatic heterocycles. The standard InChI is InChI=1S/C4H10N4S4.Mn.Zn/c5-1(7-3(9)10)2(6)8-4(11)12;;/h1-2H,5-6H2,(H2,7,9,10)(H2,8,11,12);;. The third kappa shape index (κ3) is 11.6. The van der Waals surface area contributed by atoms with Crippen molar-refractivity contribution >= 4 is 58.3 Å². The molecule has 0 heterocycles. The van der Waals surface area contributed by atoms with Crippen molar-refractivity contribution < 1.29 is 36.5 Å². The third-order valence-corrected chi connectivity index (χ3v) is 1.46. The number of nitrogens with one attached hydrogen (secondary N) is 2. The van der Waals surface area contributed by atoms with Crippen molar-refractivity contribution in [3.8, 4) is 0 Å². The summed E-state index contributed by atoms with van der Waals surface area (Å²) in [5, 5.41) is 5.28. The van der Waals surface area contributed by atoms with Gasteiger partial charge in [0.15, 0.2) is 0 Å². The van der Waals surface area contributed by atoms with E-state index in [0.29, 0.717) is 0 Å². The first-order valence-electron chi connectivity index (χ1n) is 2.93.